The molecule has 1 unspecified atom stereocenters. The molecule has 0 bridgehead atoms. The molecule has 1 saturated heterocycles. The van der Waals surface area contributed by atoms with Crippen LogP contribution >= 0.6 is 0 Å². The van der Waals surface area contributed by atoms with E-state index in [-0.39, 0.29) is 0 Å². The van der Waals surface area contributed by atoms with E-state index in [0.717, 1.165) is 24.3 Å². The van der Waals surface area contributed by atoms with Crippen molar-refractivity contribution in [2.75, 3.05) is 36.9 Å². The van der Waals surface area contributed by atoms with Gasteiger partial charge in [0.05, 0.1) is 13.2 Å². The first-order valence-electron chi connectivity index (χ1n) is 7.88. The fraction of sp³-hybridized carbons (Fsp3) is 0.278. The smallest absolute Gasteiger partial charge is 0.263 e. The minimum atomic E-state index is -0.883. The van der Waals surface area contributed by atoms with Crippen molar-refractivity contribution < 1.29 is 14.3 Å². The number of rotatable bonds is 5. The van der Waals surface area contributed by atoms with E-state index in [1.54, 1.807) is 24.3 Å². The molecule has 0 aromatic heterocycles. The molecule has 2 aromatic rings. The number of nitrogens with two attached hydrogens (primary N) is 2. The molecular formula is C18H21N3O3. The zero-order valence-corrected chi connectivity index (χ0v) is 13.4. The van der Waals surface area contributed by atoms with Crippen LogP contribution in [0.5, 0.6) is 5.75 Å². The Kier molecular flexibility index (Phi) is 4.86. The third-order valence-electron chi connectivity index (χ3n) is 3.94. The monoisotopic (exact) mass is 327 g/mol. The Morgan fingerprint density at radius 3 is 2.58 bits per heavy atom. The van der Waals surface area contributed by atoms with Crippen LogP contribution in [-0.2, 0) is 9.53 Å². The third-order valence-corrected chi connectivity index (χ3v) is 3.94. The zero-order chi connectivity index (χ0) is 16.9. The second-order valence-corrected chi connectivity index (χ2v) is 5.63. The number of para-hydroxylation sites is 1. The van der Waals surface area contributed by atoms with Crippen LogP contribution in [0.25, 0.3) is 0 Å². The van der Waals surface area contributed by atoms with Crippen LogP contribution < -0.4 is 21.1 Å². The van der Waals surface area contributed by atoms with Gasteiger partial charge in [-0.25, -0.2) is 0 Å². The van der Waals surface area contributed by atoms with Gasteiger partial charge in [0.25, 0.3) is 5.91 Å². The average Bonchev–Trinajstić information content (AvgIpc) is 2.60. The molecule has 0 aliphatic carbocycles. The first kappa shape index (κ1) is 16.1. The zero-order valence-electron chi connectivity index (χ0n) is 13.4. The number of primary amides is 1. The van der Waals surface area contributed by atoms with Crippen molar-refractivity contribution in [2.45, 2.75) is 6.10 Å². The van der Waals surface area contributed by atoms with Gasteiger partial charge in [0, 0.05) is 36.1 Å². The normalized spacial score (nSPS) is 15.8. The summed E-state index contributed by atoms with van der Waals surface area (Å²) >= 11 is 0. The van der Waals surface area contributed by atoms with Gasteiger partial charge in [0.15, 0.2) is 0 Å². The molecule has 1 fully saturated rings. The second-order valence-electron chi connectivity index (χ2n) is 5.63. The fourth-order valence-corrected chi connectivity index (χ4v) is 2.80. The molecule has 3 rings (SSSR count). The highest BCUT2D eigenvalue weighted by Gasteiger charge is 2.25. The third kappa shape index (κ3) is 3.60. The predicted octanol–water partition coefficient (Wildman–Crippen LogP) is 1.71. The topological polar surface area (TPSA) is 90.8 Å². The Hall–Kier alpha value is -2.73. The molecule has 1 aliphatic rings. The van der Waals surface area contributed by atoms with Gasteiger partial charge in [0.1, 0.15) is 5.75 Å². The summed E-state index contributed by atoms with van der Waals surface area (Å²) in [5.41, 5.74) is 13.6. The lowest BCUT2D eigenvalue weighted by atomic mass is 10.0. The van der Waals surface area contributed by atoms with E-state index >= 15 is 0 Å². The van der Waals surface area contributed by atoms with Crippen molar-refractivity contribution in [1.29, 1.82) is 0 Å². The largest absolute Gasteiger partial charge is 0.476 e. The van der Waals surface area contributed by atoms with Crippen LogP contribution in [0.15, 0.2) is 48.5 Å². The van der Waals surface area contributed by atoms with Crippen LogP contribution in [-0.4, -0.2) is 32.2 Å². The van der Waals surface area contributed by atoms with E-state index in [1.807, 2.05) is 24.3 Å². The lowest BCUT2D eigenvalue weighted by molar-refractivity contribution is -0.124. The van der Waals surface area contributed by atoms with Crippen LogP contribution in [0, 0.1) is 0 Å². The van der Waals surface area contributed by atoms with E-state index in [2.05, 4.69) is 4.90 Å². The molecular weight excluding hydrogens is 306 g/mol. The lowest BCUT2D eigenvalue weighted by Gasteiger charge is -2.32. The number of anilines is 2. The maximum absolute atomic E-state index is 12.0. The molecule has 4 N–H and O–H groups in total. The Bertz CT molecular complexity index is 714. The quantitative estimate of drug-likeness (QED) is 0.816. The minimum absolute atomic E-state index is 0.510. The first-order valence-corrected chi connectivity index (χ1v) is 7.88. The summed E-state index contributed by atoms with van der Waals surface area (Å²) in [5, 5.41) is 0. The molecule has 0 spiro atoms. The maximum atomic E-state index is 12.0. The Labute approximate surface area is 141 Å². The standard InChI is InChI=1S/C18H21N3O3/c19-13-4-3-5-14(12-13)24-17(18(20)22)15-6-1-2-7-16(15)21-8-10-23-11-9-21/h1-7,12,17H,8-11,19H2,(H2,20,22). The SMILES string of the molecule is NC(=O)C(Oc1cccc(N)c1)c1ccccc1N1CCOCC1. The first-order chi connectivity index (χ1) is 11.6. The van der Waals surface area contributed by atoms with Gasteiger partial charge in [-0.2, -0.15) is 0 Å². The Morgan fingerprint density at radius 1 is 1.12 bits per heavy atom. The summed E-state index contributed by atoms with van der Waals surface area (Å²) in [4.78, 5) is 14.2. The van der Waals surface area contributed by atoms with Crippen LogP contribution in [0.4, 0.5) is 11.4 Å². The second kappa shape index (κ2) is 7.23. The molecule has 0 saturated carbocycles. The van der Waals surface area contributed by atoms with E-state index < -0.39 is 12.0 Å². The number of hydrogen-bond donors (Lipinski definition) is 2. The number of nitrogens with zero attached hydrogens (tertiary/aromatic N) is 1. The number of carbonyl (C=O) groups excluding carboxylic acids is 1. The molecule has 1 heterocycles. The summed E-state index contributed by atoms with van der Waals surface area (Å²) in [6.07, 6.45) is -0.883. The molecule has 6 nitrogen and oxygen atoms in total. The number of carbonyl (C=O) groups is 1. The van der Waals surface area contributed by atoms with Gasteiger partial charge in [-0.05, 0) is 18.2 Å². The molecule has 1 aliphatic heterocycles. The molecule has 126 valence electrons. The number of benzene rings is 2. The summed E-state index contributed by atoms with van der Waals surface area (Å²) in [6.45, 7) is 2.85. The minimum Gasteiger partial charge on any atom is -0.476 e. The summed E-state index contributed by atoms with van der Waals surface area (Å²) in [5.74, 6) is -0.0336. The van der Waals surface area contributed by atoms with Crippen LogP contribution in [0.2, 0.25) is 0 Å². The fourth-order valence-electron chi connectivity index (χ4n) is 2.80. The predicted molar refractivity (Wildman–Crippen MR) is 92.9 cm³/mol. The Morgan fingerprint density at radius 2 is 1.88 bits per heavy atom. The average molecular weight is 327 g/mol. The summed E-state index contributed by atoms with van der Waals surface area (Å²) in [6, 6.07) is 14.6. The van der Waals surface area contributed by atoms with Gasteiger partial charge in [-0.3, -0.25) is 4.79 Å². The van der Waals surface area contributed by atoms with Crippen molar-refractivity contribution in [2.24, 2.45) is 5.73 Å². The van der Waals surface area contributed by atoms with E-state index in [1.165, 1.54) is 0 Å². The van der Waals surface area contributed by atoms with Gasteiger partial charge in [-0.15, -0.1) is 0 Å². The summed E-state index contributed by atoms with van der Waals surface area (Å²) < 4.78 is 11.3. The highest BCUT2D eigenvalue weighted by Crippen LogP contribution is 2.31. The van der Waals surface area contributed by atoms with E-state index in [0.29, 0.717) is 24.7 Å². The van der Waals surface area contributed by atoms with Crippen LogP contribution in [0.3, 0.4) is 0 Å². The van der Waals surface area contributed by atoms with Crippen LogP contribution in [0.1, 0.15) is 11.7 Å². The highest BCUT2D eigenvalue weighted by atomic mass is 16.5. The van der Waals surface area contributed by atoms with Crippen molar-refractivity contribution in [3.63, 3.8) is 0 Å². The van der Waals surface area contributed by atoms with Gasteiger partial charge >= 0.3 is 0 Å². The van der Waals surface area contributed by atoms with Crippen molar-refractivity contribution in [1.82, 2.24) is 0 Å². The molecule has 1 amide bonds. The van der Waals surface area contributed by atoms with Gasteiger partial charge < -0.3 is 25.8 Å². The molecule has 1 atom stereocenters. The Balaban J connectivity index is 1.92. The van der Waals surface area contributed by atoms with Gasteiger partial charge in [0.2, 0.25) is 6.10 Å². The van der Waals surface area contributed by atoms with Crippen molar-refractivity contribution >= 4 is 17.3 Å². The number of ether oxygens (including phenoxy) is 2. The molecule has 0 radical (unpaired) electrons. The number of morpholine rings is 1. The molecule has 24 heavy (non-hydrogen) atoms. The lowest BCUT2D eigenvalue weighted by Crippen LogP contribution is -2.38. The highest BCUT2D eigenvalue weighted by molar-refractivity contribution is 5.83. The van der Waals surface area contributed by atoms with Crippen molar-refractivity contribution in [3.05, 3.63) is 54.1 Å². The van der Waals surface area contributed by atoms with Crippen molar-refractivity contribution in [3.8, 4) is 5.75 Å². The van der Waals surface area contributed by atoms with E-state index in [9.17, 15) is 4.79 Å². The van der Waals surface area contributed by atoms with E-state index in [4.69, 9.17) is 20.9 Å². The number of hydrogen-bond acceptors (Lipinski definition) is 5. The maximum Gasteiger partial charge on any atom is 0.263 e. The molecule has 6 heteroatoms. The van der Waals surface area contributed by atoms with Gasteiger partial charge in [-0.1, -0.05) is 24.3 Å². The summed E-state index contributed by atoms with van der Waals surface area (Å²) in [7, 11) is 0. The number of amides is 1. The number of nitrogen functional groups attached to an aromatic ring is 1. The molecule has 2 aromatic carbocycles.